The molecule has 2 heterocycles. The van der Waals surface area contributed by atoms with Crippen LogP contribution in [0.4, 0.5) is 26.2 Å². The van der Waals surface area contributed by atoms with Crippen LogP contribution in [0.15, 0.2) is 53.6 Å². The number of benzene rings is 2. The van der Waals surface area contributed by atoms with Crippen LogP contribution in [0.25, 0.3) is 0 Å². The highest BCUT2D eigenvalue weighted by Gasteiger charge is 2.35. The number of amides is 4. The van der Waals surface area contributed by atoms with E-state index in [9.17, 15) is 18.8 Å². The predicted molar refractivity (Wildman–Crippen MR) is 114 cm³/mol. The van der Waals surface area contributed by atoms with Crippen molar-refractivity contribution < 1.29 is 18.8 Å². The highest BCUT2D eigenvalue weighted by molar-refractivity contribution is 6.44. The number of nitrogens with one attached hydrogen (secondary N) is 2. The molecule has 0 spiro atoms. The summed E-state index contributed by atoms with van der Waals surface area (Å²) in [5.74, 6) is -1.56. The lowest BCUT2D eigenvalue weighted by molar-refractivity contribution is -0.119. The molecule has 4 amide bonds. The van der Waals surface area contributed by atoms with Crippen molar-refractivity contribution in [2.45, 2.75) is 18.9 Å². The molecule has 2 aromatic rings. The molecule has 0 bridgehead atoms. The smallest absolute Gasteiger partial charge is 0.321 e. The normalized spacial score (nSPS) is 18.4. The van der Waals surface area contributed by atoms with E-state index in [1.165, 1.54) is 29.3 Å². The van der Waals surface area contributed by atoms with Gasteiger partial charge in [-0.15, -0.1) is 0 Å². The first-order valence-corrected chi connectivity index (χ1v) is 9.81. The maximum Gasteiger partial charge on any atom is 0.321 e. The number of carbonyl (C=O) groups is 3. The molecule has 10 heteroatoms. The molecule has 2 aromatic carbocycles. The van der Waals surface area contributed by atoms with Crippen molar-refractivity contribution in [1.29, 1.82) is 0 Å². The number of hydrogen-bond acceptors (Lipinski definition) is 5. The van der Waals surface area contributed by atoms with Gasteiger partial charge in [-0.3, -0.25) is 19.5 Å². The molecule has 2 aliphatic rings. The summed E-state index contributed by atoms with van der Waals surface area (Å²) < 4.78 is 13.2. The molecule has 1 fully saturated rings. The molecule has 2 aliphatic heterocycles. The van der Waals surface area contributed by atoms with Gasteiger partial charge in [-0.25, -0.2) is 9.18 Å². The van der Waals surface area contributed by atoms with E-state index >= 15 is 0 Å². The number of halogens is 1. The fourth-order valence-electron chi connectivity index (χ4n) is 3.53. The van der Waals surface area contributed by atoms with Crippen LogP contribution in [-0.4, -0.2) is 42.7 Å². The maximum absolute atomic E-state index is 13.2. The van der Waals surface area contributed by atoms with Crippen molar-refractivity contribution >= 4 is 40.6 Å². The Kier molecular flexibility index (Phi) is 5.52. The van der Waals surface area contributed by atoms with E-state index in [0.717, 1.165) is 6.42 Å². The molecule has 0 saturated carbocycles. The largest absolute Gasteiger partial charge is 0.368 e. The Labute approximate surface area is 177 Å². The molecular formula is C21H21FN6O3. The molecule has 4 N–H and O–H groups in total. The minimum atomic E-state index is -0.852. The summed E-state index contributed by atoms with van der Waals surface area (Å²) >= 11 is 0. The Hall–Kier alpha value is -3.95. The van der Waals surface area contributed by atoms with Gasteiger partial charge in [0, 0.05) is 30.9 Å². The average Bonchev–Trinajstić information content (AvgIpc) is 3.21. The van der Waals surface area contributed by atoms with Crippen LogP contribution in [-0.2, 0) is 9.59 Å². The standard InChI is InChI=1S/C21H21FN6O3/c22-13-5-7-15(8-6-13)28-18(19(23)29)12-17(26-28)20(30)25-14-3-1-4-16(11-14)27-10-2-9-24-21(27)31/h1,3-8,11,18H,2,9-10,12H2,(H2,23,29)(H,24,31)(H,25,30)/t18-/m1/s1. The molecule has 0 aliphatic carbocycles. The van der Waals surface area contributed by atoms with Gasteiger partial charge < -0.3 is 16.4 Å². The van der Waals surface area contributed by atoms with Gasteiger partial charge >= 0.3 is 6.03 Å². The van der Waals surface area contributed by atoms with E-state index < -0.39 is 23.7 Å². The second-order valence-corrected chi connectivity index (χ2v) is 7.23. The number of nitrogens with zero attached hydrogens (tertiary/aromatic N) is 3. The Morgan fingerprint density at radius 2 is 1.94 bits per heavy atom. The van der Waals surface area contributed by atoms with Crippen LogP contribution in [0.1, 0.15) is 12.8 Å². The van der Waals surface area contributed by atoms with Crippen molar-refractivity contribution in [2.24, 2.45) is 10.8 Å². The lowest BCUT2D eigenvalue weighted by atomic mass is 10.1. The topological polar surface area (TPSA) is 120 Å². The van der Waals surface area contributed by atoms with Crippen molar-refractivity contribution in [1.82, 2.24) is 5.32 Å². The van der Waals surface area contributed by atoms with E-state index in [0.29, 0.717) is 30.2 Å². The average molecular weight is 424 g/mol. The number of hydrogen-bond donors (Lipinski definition) is 3. The molecule has 1 atom stereocenters. The van der Waals surface area contributed by atoms with Crippen molar-refractivity contribution in [3.05, 3.63) is 54.3 Å². The summed E-state index contributed by atoms with van der Waals surface area (Å²) in [4.78, 5) is 38.3. The van der Waals surface area contributed by atoms with Gasteiger partial charge in [0.1, 0.15) is 17.6 Å². The Morgan fingerprint density at radius 3 is 2.65 bits per heavy atom. The zero-order valence-corrected chi connectivity index (χ0v) is 16.5. The van der Waals surface area contributed by atoms with Gasteiger partial charge in [0.05, 0.1) is 5.69 Å². The second-order valence-electron chi connectivity index (χ2n) is 7.23. The molecule has 9 nitrogen and oxygen atoms in total. The highest BCUT2D eigenvalue weighted by atomic mass is 19.1. The van der Waals surface area contributed by atoms with Crippen LogP contribution in [0.5, 0.6) is 0 Å². The van der Waals surface area contributed by atoms with Gasteiger partial charge in [0.15, 0.2) is 0 Å². The van der Waals surface area contributed by atoms with Crippen LogP contribution >= 0.6 is 0 Å². The molecule has 160 valence electrons. The first kappa shape index (κ1) is 20.3. The number of rotatable bonds is 5. The van der Waals surface area contributed by atoms with Crippen LogP contribution in [0, 0.1) is 5.82 Å². The molecule has 0 aromatic heterocycles. The predicted octanol–water partition coefficient (Wildman–Crippen LogP) is 1.80. The number of nitrogens with two attached hydrogens (primary N) is 1. The third-order valence-electron chi connectivity index (χ3n) is 5.09. The fourth-order valence-corrected chi connectivity index (χ4v) is 3.53. The van der Waals surface area contributed by atoms with Crippen LogP contribution in [0.2, 0.25) is 0 Å². The second kappa shape index (κ2) is 8.42. The zero-order valence-electron chi connectivity index (χ0n) is 16.5. The minimum absolute atomic E-state index is 0.0206. The summed E-state index contributed by atoms with van der Waals surface area (Å²) in [6.07, 6.45) is 0.847. The number of urea groups is 1. The summed E-state index contributed by atoms with van der Waals surface area (Å²) in [5, 5.41) is 11.1. The first-order chi connectivity index (χ1) is 14.9. The van der Waals surface area contributed by atoms with Gasteiger partial charge in [-0.2, -0.15) is 5.10 Å². The summed E-state index contributed by atoms with van der Waals surface area (Å²) in [6, 6.07) is 11.3. The minimum Gasteiger partial charge on any atom is -0.368 e. The number of carbonyl (C=O) groups excluding carboxylic acids is 3. The molecule has 0 radical (unpaired) electrons. The fraction of sp³-hybridized carbons (Fsp3) is 0.238. The van der Waals surface area contributed by atoms with Gasteiger partial charge in [-0.1, -0.05) is 6.07 Å². The van der Waals surface area contributed by atoms with Gasteiger partial charge in [0.2, 0.25) is 5.91 Å². The van der Waals surface area contributed by atoms with Crippen molar-refractivity contribution in [2.75, 3.05) is 28.3 Å². The highest BCUT2D eigenvalue weighted by Crippen LogP contribution is 2.26. The van der Waals surface area contributed by atoms with Crippen molar-refractivity contribution in [3.8, 4) is 0 Å². The lowest BCUT2D eigenvalue weighted by Crippen LogP contribution is -2.46. The van der Waals surface area contributed by atoms with Gasteiger partial charge in [-0.05, 0) is 48.9 Å². The van der Waals surface area contributed by atoms with E-state index in [4.69, 9.17) is 5.73 Å². The summed E-state index contributed by atoms with van der Waals surface area (Å²) in [7, 11) is 0. The number of anilines is 3. The molecule has 0 unspecified atom stereocenters. The van der Waals surface area contributed by atoms with Gasteiger partial charge in [0.25, 0.3) is 5.91 Å². The van der Waals surface area contributed by atoms with Crippen molar-refractivity contribution in [3.63, 3.8) is 0 Å². The number of primary amides is 1. The summed E-state index contributed by atoms with van der Waals surface area (Å²) in [5.41, 5.74) is 7.20. The summed E-state index contributed by atoms with van der Waals surface area (Å²) in [6.45, 7) is 1.22. The third kappa shape index (κ3) is 4.32. The van der Waals surface area contributed by atoms with Crippen LogP contribution < -0.4 is 26.3 Å². The lowest BCUT2D eigenvalue weighted by Gasteiger charge is -2.27. The van der Waals surface area contributed by atoms with E-state index in [2.05, 4.69) is 15.7 Å². The SMILES string of the molecule is NC(=O)[C@H]1CC(C(=O)Nc2cccc(N3CCCNC3=O)c2)=NN1c1ccc(F)cc1. The molecule has 1 saturated heterocycles. The zero-order chi connectivity index (χ0) is 22.0. The monoisotopic (exact) mass is 424 g/mol. The van der Waals surface area contributed by atoms with E-state index in [1.807, 2.05) is 0 Å². The molecular weight excluding hydrogens is 403 g/mol. The third-order valence-corrected chi connectivity index (χ3v) is 5.09. The Bertz CT molecular complexity index is 1060. The molecule has 4 rings (SSSR count). The Morgan fingerprint density at radius 1 is 1.16 bits per heavy atom. The van der Waals surface area contributed by atoms with Crippen LogP contribution in [0.3, 0.4) is 0 Å². The first-order valence-electron chi connectivity index (χ1n) is 9.81. The quantitative estimate of drug-likeness (QED) is 0.678. The maximum atomic E-state index is 13.2. The Balaban J connectivity index is 1.52. The van der Waals surface area contributed by atoms with E-state index in [1.54, 1.807) is 29.2 Å². The molecule has 31 heavy (non-hydrogen) atoms. The number of hydrazone groups is 1. The van der Waals surface area contributed by atoms with E-state index in [-0.39, 0.29) is 18.2 Å².